The minimum Gasteiger partial charge on any atom is -0.497 e. The molecule has 3 heteroatoms. The predicted octanol–water partition coefficient (Wildman–Crippen LogP) is 8.33. The third-order valence-electron chi connectivity index (χ3n) is 6.04. The van der Waals surface area contributed by atoms with Crippen LogP contribution in [0.15, 0.2) is 60.7 Å². The third kappa shape index (κ3) is 9.01. The van der Waals surface area contributed by atoms with Crippen molar-refractivity contribution in [3.05, 3.63) is 71.9 Å². The molecule has 176 valence electrons. The van der Waals surface area contributed by atoms with Crippen molar-refractivity contribution in [3.63, 3.8) is 0 Å². The van der Waals surface area contributed by atoms with Crippen molar-refractivity contribution in [1.29, 1.82) is 0 Å². The van der Waals surface area contributed by atoms with E-state index in [2.05, 4.69) is 24.0 Å². The molecule has 1 aliphatic rings. The zero-order valence-corrected chi connectivity index (χ0v) is 20.3. The van der Waals surface area contributed by atoms with E-state index in [9.17, 15) is 0 Å². The minimum absolute atomic E-state index is 0.572. The number of hydrogen-bond acceptors (Lipinski definition) is 3. The molecular formula is C30H39NO2. The number of fused-ring (bicyclic) bond motifs is 1. The molecule has 3 nitrogen and oxygen atoms in total. The van der Waals surface area contributed by atoms with Crippen molar-refractivity contribution >= 4 is 23.1 Å². The van der Waals surface area contributed by atoms with Crippen LogP contribution in [0.5, 0.6) is 5.75 Å². The molecule has 0 saturated carbocycles. The van der Waals surface area contributed by atoms with Gasteiger partial charge in [0.05, 0.1) is 24.4 Å². The summed E-state index contributed by atoms with van der Waals surface area (Å²) in [7, 11) is 1.67. The summed E-state index contributed by atoms with van der Waals surface area (Å²) in [6.45, 7) is 3.26. The van der Waals surface area contributed by atoms with Gasteiger partial charge in [-0.15, -0.1) is 0 Å². The van der Waals surface area contributed by atoms with E-state index in [1.54, 1.807) is 7.11 Å². The van der Waals surface area contributed by atoms with E-state index in [4.69, 9.17) is 9.47 Å². The standard InChI is InChI=1S/C18H15NO.C12H24O/c1-20-17-7-4-5-14(13-17)9-11-16-12-10-15-6-2-3-8-18(15)19-16;1-2-9-12-10-7-5-3-4-6-8-11-13-12/h2-13H,1H3;12H,2-11H2,1H3. The zero-order valence-electron chi connectivity index (χ0n) is 20.3. The number of methoxy groups -OCH3 is 1. The monoisotopic (exact) mass is 445 g/mol. The Morgan fingerprint density at radius 1 is 0.909 bits per heavy atom. The van der Waals surface area contributed by atoms with Gasteiger partial charge in [-0.2, -0.15) is 0 Å². The maximum absolute atomic E-state index is 5.86. The molecule has 1 aliphatic heterocycles. The summed E-state index contributed by atoms with van der Waals surface area (Å²) in [6, 6.07) is 20.2. The molecule has 1 fully saturated rings. The molecular weight excluding hydrogens is 406 g/mol. The van der Waals surface area contributed by atoms with Crippen molar-refractivity contribution in [2.75, 3.05) is 13.7 Å². The predicted molar refractivity (Wildman–Crippen MR) is 141 cm³/mol. The lowest BCUT2D eigenvalue weighted by molar-refractivity contribution is 0.0350. The highest BCUT2D eigenvalue weighted by Crippen LogP contribution is 2.18. The molecule has 3 aromatic rings. The lowest BCUT2D eigenvalue weighted by Gasteiger charge is -2.18. The van der Waals surface area contributed by atoms with Crippen LogP contribution in [-0.4, -0.2) is 24.8 Å². The maximum Gasteiger partial charge on any atom is 0.119 e. The van der Waals surface area contributed by atoms with Gasteiger partial charge in [0.2, 0.25) is 0 Å². The van der Waals surface area contributed by atoms with E-state index < -0.39 is 0 Å². The van der Waals surface area contributed by atoms with Crippen LogP contribution in [0.4, 0.5) is 0 Å². The van der Waals surface area contributed by atoms with E-state index in [0.29, 0.717) is 6.10 Å². The van der Waals surface area contributed by atoms with Gasteiger partial charge >= 0.3 is 0 Å². The fourth-order valence-corrected chi connectivity index (χ4v) is 4.17. The van der Waals surface area contributed by atoms with Crippen molar-refractivity contribution in [1.82, 2.24) is 4.98 Å². The van der Waals surface area contributed by atoms with E-state index in [1.807, 2.05) is 60.7 Å². The second-order valence-electron chi connectivity index (χ2n) is 8.73. The zero-order chi connectivity index (χ0) is 23.1. The number of rotatable bonds is 5. The summed E-state index contributed by atoms with van der Waals surface area (Å²) in [5.74, 6) is 0.860. The Bertz CT molecular complexity index is 972. The number of aromatic nitrogens is 1. The van der Waals surface area contributed by atoms with E-state index in [1.165, 1.54) is 57.8 Å². The third-order valence-corrected chi connectivity index (χ3v) is 6.04. The van der Waals surface area contributed by atoms with Crippen LogP contribution in [0.1, 0.15) is 76.0 Å². The van der Waals surface area contributed by atoms with Crippen LogP contribution < -0.4 is 4.74 Å². The van der Waals surface area contributed by atoms with Gasteiger partial charge in [-0.1, -0.05) is 87.9 Å². The average molecular weight is 446 g/mol. The number of hydrogen-bond donors (Lipinski definition) is 0. The first kappa shape index (κ1) is 25.0. The normalized spacial score (nSPS) is 17.3. The Kier molecular flexibility index (Phi) is 11.0. The fourth-order valence-electron chi connectivity index (χ4n) is 4.17. The summed E-state index contributed by atoms with van der Waals surface area (Å²) < 4.78 is 11.1. The first-order valence-corrected chi connectivity index (χ1v) is 12.6. The molecule has 1 saturated heterocycles. The number of para-hydroxylation sites is 1. The molecule has 33 heavy (non-hydrogen) atoms. The Morgan fingerprint density at radius 2 is 1.73 bits per heavy atom. The first-order valence-electron chi connectivity index (χ1n) is 12.6. The molecule has 0 radical (unpaired) electrons. The summed E-state index contributed by atoms with van der Waals surface area (Å²) in [4.78, 5) is 4.61. The lowest BCUT2D eigenvalue weighted by atomic mass is 10.0. The van der Waals surface area contributed by atoms with Gasteiger partial charge in [0, 0.05) is 12.0 Å². The van der Waals surface area contributed by atoms with Gasteiger partial charge in [0.15, 0.2) is 0 Å². The van der Waals surface area contributed by atoms with Crippen molar-refractivity contribution in [3.8, 4) is 5.75 Å². The molecule has 0 bridgehead atoms. The topological polar surface area (TPSA) is 31.4 Å². The number of benzene rings is 2. The Labute approximate surface area is 199 Å². The van der Waals surface area contributed by atoms with Crippen molar-refractivity contribution in [2.45, 2.75) is 70.8 Å². The highest BCUT2D eigenvalue weighted by Gasteiger charge is 2.08. The van der Waals surface area contributed by atoms with Crippen LogP contribution in [0, 0.1) is 0 Å². The first-order chi connectivity index (χ1) is 16.3. The van der Waals surface area contributed by atoms with Gasteiger partial charge in [-0.25, -0.2) is 4.98 Å². The van der Waals surface area contributed by atoms with Crippen LogP contribution in [0.3, 0.4) is 0 Å². The largest absolute Gasteiger partial charge is 0.497 e. The van der Waals surface area contributed by atoms with Crippen LogP contribution in [0.2, 0.25) is 0 Å². The van der Waals surface area contributed by atoms with E-state index in [-0.39, 0.29) is 0 Å². The highest BCUT2D eigenvalue weighted by molar-refractivity contribution is 5.80. The van der Waals surface area contributed by atoms with Crippen LogP contribution in [-0.2, 0) is 4.74 Å². The van der Waals surface area contributed by atoms with Gasteiger partial charge in [0.1, 0.15) is 5.75 Å². The second-order valence-corrected chi connectivity index (χ2v) is 8.73. The summed E-state index contributed by atoms with van der Waals surface area (Å²) in [5.41, 5.74) is 3.06. The lowest BCUT2D eigenvalue weighted by Crippen LogP contribution is -2.14. The molecule has 4 rings (SSSR count). The van der Waals surface area contributed by atoms with Gasteiger partial charge in [-0.05, 0) is 55.2 Å². The Balaban J connectivity index is 0.000000205. The summed E-state index contributed by atoms with van der Waals surface area (Å²) in [5, 5.41) is 1.16. The summed E-state index contributed by atoms with van der Waals surface area (Å²) in [6.07, 6.45) is 16.8. The number of ether oxygens (including phenoxy) is 2. The Morgan fingerprint density at radius 3 is 2.58 bits per heavy atom. The van der Waals surface area contributed by atoms with Crippen molar-refractivity contribution < 1.29 is 9.47 Å². The second kappa shape index (κ2) is 14.5. The number of nitrogens with zero attached hydrogens (tertiary/aromatic N) is 1. The summed E-state index contributed by atoms with van der Waals surface area (Å²) >= 11 is 0. The van der Waals surface area contributed by atoms with Gasteiger partial charge in [-0.3, -0.25) is 0 Å². The average Bonchev–Trinajstić information content (AvgIpc) is 2.87. The Hall–Kier alpha value is -2.65. The van der Waals surface area contributed by atoms with Crippen molar-refractivity contribution in [2.24, 2.45) is 0 Å². The minimum atomic E-state index is 0.572. The molecule has 0 N–H and O–H groups in total. The van der Waals surface area contributed by atoms with E-state index in [0.717, 1.165) is 34.5 Å². The molecule has 1 unspecified atom stereocenters. The van der Waals surface area contributed by atoms with Crippen LogP contribution in [0.25, 0.3) is 23.1 Å². The molecule has 1 aromatic heterocycles. The molecule has 0 amide bonds. The molecule has 2 heterocycles. The smallest absolute Gasteiger partial charge is 0.119 e. The highest BCUT2D eigenvalue weighted by atomic mass is 16.5. The fraction of sp³-hybridized carbons (Fsp3) is 0.433. The maximum atomic E-state index is 5.86. The molecule has 0 spiro atoms. The number of pyridine rings is 1. The molecule has 2 aromatic carbocycles. The van der Waals surface area contributed by atoms with Gasteiger partial charge < -0.3 is 9.47 Å². The molecule has 1 atom stereocenters. The van der Waals surface area contributed by atoms with Crippen LogP contribution >= 0.6 is 0 Å². The quantitative estimate of drug-likeness (QED) is 0.395. The SMILES string of the molecule is CCCC1CCCCCCCCO1.COc1cccc(C=Cc2ccc3ccccc3n2)c1. The van der Waals surface area contributed by atoms with Gasteiger partial charge in [0.25, 0.3) is 0 Å². The van der Waals surface area contributed by atoms with E-state index >= 15 is 0 Å². The molecule has 0 aliphatic carbocycles.